The Morgan fingerprint density at radius 1 is 1.11 bits per heavy atom. The van der Waals surface area contributed by atoms with Gasteiger partial charge in [-0.1, -0.05) is 12.1 Å². The van der Waals surface area contributed by atoms with E-state index in [0.717, 1.165) is 11.1 Å². The number of rotatable bonds is 3. The maximum Gasteiger partial charge on any atom is 0.354 e. The van der Waals surface area contributed by atoms with Crippen molar-refractivity contribution in [3.63, 3.8) is 0 Å². The van der Waals surface area contributed by atoms with Gasteiger partial charge in [-0.05, 0) is 35.4 Å². The van der Waals surface area contributed by atoms with Gasteiger partial charge >= 0.3 is 5.97 Å². The van der Waals surface area contributed by atoms with E-state index in [2.05, 4.69) is 10.3 Å². The molecule has 0 saturated carbocycles. The van der Waals surface area contributed by atoms with E-state index < -0.39 is 5.97 Å². The second kappa shape index (κ2) is 5.30. The first kappa shape index (κ1) is 12.8. The predicted octanol–water partition coefficient (Wildman–Crippen LogP) is 1.81. The minimum absolute atomic E-state index is 0.00659. The Morgan fingerprint density at radius 2 is 1.79 bits per heavy atom. The highest BCUT2D eigenvalue weighted by Gasteiger charge is 2.07. The zero-order valence-corrected chi connectivity index (χ0v) is 10.3. The molecule has 0 bridgehead atoms. The van der Waals surface area contributed by atoms with Crippen molar-refractivity contribution in [3.05, 3.63) is 53.9 Å². The minimum Gasteiger partial charge on any atom is -0.477 e. The topological polar surface area (TPSA) is 79.3 Å². The lowest BCUT2D eigenvalue weighted by Crippen LogP contribution is -2.17. The zero-order chi connectivity index (χ0) is 13.8. The molecule has 0 radical (unpaired) electrons. The third-order valence-electron chi connectivity index (χ3n) is 2.69. The van der Waals surface area contributed by atoms with E-state index in [1.165, 1.54) is 12.3 Å². The monoisotopic (exact) mass is 256 g/mol. The molecule has 19 heavy (non-hydrogen) atoms. The molecule has 0 unspecified atom stereocenters. The lowest BCUT2D eigenvalue weighted by molar-refractivity contribution is 0.0690. The van der Waals surface area contributed by atoms with Gasteiger partial charge in [0.25, 0.3) is 5.91 Å². The molecule has 1 amide bonds. The van der Waals surface area contributed by atoms with Gasteiger partial charge in [-0.25, -0.2) is 9.78 Å². The summed E-state index contributed by atoms with van der Waals surface area (Å²) in [6, 6.07) is 10.1. The smallest absolute Gasteiger partial charge is 0.354 e. The van der Waals surface area contributed by atoms with Gasteiger partial charge in [0.2, 0.25) is 0 Å². The summed E-state index contributed by atoms with van der Waals surface area (Å²) in [7, 11) is 1.57. The number of aromatic nitrogens is 1. The van der Waals surface area contributed by atoms with Crippen LogP contribution in [0.4, 0.5) is 0 Å². The number of amides is 1. The molecule has 5 nitrogen and oxygen atoms in total. The fraction of sp³-hybridized carbons (Fsp3) is 0.0714. The SMILES string of the molecule is CNC(=O)c1ccc(-c2ccnc(C(=O)O)c2)cc1. The molecule has 0 aliphatic rings. The Kier molecular flexibility index (Phi) is 3.56. The summed E-state index contributed by atoms with van der Waals surface area (Å²) in [6.07, 6.45) is 1.45. The van der Waals surface area contributed by atoms with Crippen LogP contribution in [-0.4, -0.2) is 29.0 Å². The number of hydrogen-bond donors (Lipinski definition) is 2. The summed E-state index contributed by atoms with van der Waals surface area (Å²) in [4.78, 5) is 26.0. The van der Waals surface area contributed by atoms with Crippen LogP contribution in [0, 0.1) is 0 Å². The van der Waals surface area contributed by atoms with Crippen LogP contribution in [0.25, 0.3) is 11.1 Å². The maximum atomic E-state index is 11.4. The Labute approximate surface area is 109 Å². The molecule has 1 aromatic heterocycles. The number of aromatic carboxylic acids is 1. The molecular formula is C14H12N2O3. The van der Waals surface area contributed by atoms with Crippen molar-refractivity contribution in [3.8, 4) is 11.1 Å². The maximum absolute atomic E-state index is 11.4. The van der Waals surface area contributed by atoms with Crippen molar-refractivity contribution in [2.75, 3.05) is 7.05 Å². The second-order valence-corrected chi connectivity index (χ2v) is 3.89. The van der Waals surface area contributed by atoms with Crippen LogP contribution in [0.1, 0.15) is 20.8 Å². The van der Waals surface area contributed by atoms with Crippen molar-refractivity contribution in [1.29, 1.82) is 0 Å². The molecule has 2 N–H and O–H groups in total. The molecule has 0 saturated heterocycles. The van der Waals surface area contributed by atoms with Crippen molar-refractivity contribution in [2.45, 2.75) is 0 Å². The average Bonchev–Trinajstić information content (AvgIpc) is 2.46. The van der Waals surface area contributed by atoms with Gasteiger partial charge in [0.15, 0.2) is 0 Å². The summed E-state index contributed by atoms with van der Waals surface area (Å²) in [5.41, 5.74) is 2.13. The molecule has 5 heteroatoms. The van der Waals surface area contributed by atoms with Gasteiger partial charge in [-0.15, -0.1) is 0 Å². The first-order chi connectivity index (χ1) is 9.11. The third kappa shape index (κ3) is 2.77. The summed E-state index contributed by atoms with van der Waals surface area (Å²) in [5.74, 6) is -1.23. The van der Waals surface area contributed by atoms with E-state index in [1.54, 1.807) is 37.4 Å². The van der Waals surface area contributed by atoms with Gasteiger partial charge in [0, 0.05) is 18.8 Å². The lowest BCUT2D eigenvalue weighted by Gasteiger charge is -2.04. The lowest BCUT2D eigenvalue weighted by atomic mass is 10.0. The van der Waals surface area contributed by atoms with E-state index in [4.69, 9.17) is 5.11 Å². The van der Waals surface area contributed by atoms with Crippen molar-refractivity contribution >= 4 is 11.9 Å². The van der Waals surface area contributed by atoms with Crippen molar-refractivity contribution in [2.24, 2.45) is 0 Å². The summed E-state index contributed by atoms with van der Waals surface area (Å²) < 4.78 is 0. The number of hydrogen-bond acceptors (Lipinski definition) is 3. The molecule has 96 valence electrons. The molecule has 0 aliphatic heterocycles. The van der Waals surface area contributed by atoms with Gasteiger partial charge in [-0.2, -0.15) is 0 Å². The standard InChI is InChI=1S/C14H12N2O3/c1-15-13(17)10-4-2-9(3-5-10)11-6-7-16-12(8-11)14(18)19/h2-8H,1H3,(H,15,17)(H,18,19). The summed E-state index contributed by atoms with van der Waals surface area (Å²) >= 11 is 0. The quantitative estimate of drug-likeness (QED) is 0.877. The van der Waals surface area contributed by atoms with Crippen LogP contribution >= 0.6 is 0 Å². The Bertz CT molecular complexity index is 621. The van der Waals surface area contributed by atoms with Crippen molar-refractivity contribution < 1.29 is 14.7 Å². The summed E-state index contributed by atoms with van der Waals surface area (Å²) in [6.45, 7) is 0. The van der Waals surface area contributed by atoms with Crippen LogP contribution in [0.15, 0.2) is 42.6 Å². The number of carbonyl (C=O) groups excluding carboxylic acids is 1. The molecule has 1 heterocycles. The van der Waals surface area contributed by atoms with Crippen LogP contribution in [-0.2, 0) is 0 Å². The fourth-order valence-electron chi connectivity index (χ4n) is 1.69. The molecule has 0 fully saturated rings. The molecule has 0 aliphatic carbocycles. The first-order valence-corrected chi connectivity index (χ1v) is 5.63. The van der Waals surface area contributed by atoms with E-state index in [1.807, 2.05) is 0 Å². The first-order valence-electron chi connectivity index (χ1n) is 5.63. The highest BCUT2D eigenvalue weighted by atomic mass is 16.4. The van der Waals surface area contributed by atoms with E-state index >= 15 is 0 Å². The van der Waals surface area contributed by atoms with Crippen LogP contribution in [0.3, 0.4) is 0 Å². The number of nitrogens with zero attached hydrogens (tertiary/aromatic N) is 1. The van der Waals surface area contributed by atoms with Gasteiger partial charge in [-0.3, -0.25) is 4.79 Å². The van der Waals surface area contributed by atoms with Gasteiger partial charge < -0.3 is 10.4 Å². The minimum atomic E-state index is -1.07. The number of carboxylic acid groups (broad SMARTS) is 1. The Balaban J connectivity index is 2.34. The van der Waals surface area contributed by atoms with Crippen LogP contribution in [0.5, 0.6) is 0 Å². The number of nitrogens with one attached hydrogen (secondary N) is 1. The Hall–Kier alpha value is -2.69. The van der Waals surface area contributed by atoms with Crippen molar-refractivity contribution in [1.82, 2.24) is 10.3 Å². The van der Waals surface area contributed by atoms with E-state index in [9.17, 15) is 9.59 Å². The highest BCUT2D eigenvalue weighted by Crippen LogP contribution is 2.20. The number of carbonyl (C=O) groups is 2. The van der Waals surface area contributed by atoms with Crippen LogP contribution < -0.4 is 5.32 Å². The van der Waals surface area contributed by atoms with Gasteiger partial charge in [0.1, 0.15) is 5.69 Å². The molecule has 0 atom stereocenters. The van der Waals surface area contributed by atoms with E-state index in [-0.39, 0.29) is 11.6 Å². The average molecular weight is 256 g/mol. The molecule has 2 aromatic rings. The number of benzene rings is 1. The molecular weight excluding hydrogens is 244 g/mol. The second-order valence-electron chi connectivity index (χ2n) is 3.89. The zero-order valence-electron chi connectivity index (χ0n) is 10.3. The molecule has 0 spiro atoms. The highest BCUT2D eigenvalue weighted by molar-refractivity contribution is 5.94. The van der Waals surface area contributed by atoms with E-state index in [0.29, 0.717) is 5.56 Å². The molecule has 1 aromatic carbocycles. The summed E-state index contributed by atoms with van der Waals surface area (Å²) in [5, 5.41) is 11.4. The largest absolute Gasteiger partial charge is 0.477 e. The number of pyridine rings is 1. The Morgan fingerprint density at radius 3 is 2.37 bits per heavy atom. The number of carboxylic acids is 1. The third-order valence-corrected chi connectivity index (χ3v) is 2.69. The normalized spacial score (nSPS) is 9.95. The molecule has 2 rings (SSSR count). The predicted molar refractivity (Wildman–Crippen MR) is 70.0 cm³/mol. The van der Waals surface area contributed by atoms with Gasteiger partial charge in [0.05, 0.1) is 0 Å². The van der Waals surface area contributed by atoms with Crippen LogP contribution in [0.2, 0.25) is 0 Å². The fourth-order valence-corrected chi connectivity index (χ4v) is 1.69.